The molecule has 0 spiro atoms. The van der Waals surface area contributed by atoms with Gasteiger partial charge in [-0.1, -0.05) is 0 Å². The molecule has 2 aromatic rings. The molecule has 0 saturated heterocycles. The van der Waals surface area contributed by atoms with Gasteiger partial charge in [-0.3, -0.25) is 18.6 Å². The van der Waals surface area contributed by atoms with Crippen LogP contribution in [0.1, 0.15) is 13.8 Å². The normalized spacial score (nSPS) is 11.2. The first-order chi connectivity index (χ1) is 8.02. The zero-order valence-electron chi connectivity index (χ0n) is 10.1. The number of hydrogen-bond acceptors (Lipinski definition) is 4. The summed E-state index contributed by atoms with van der Waals surface area (Å²) in [6.45, 7) is 4.35. The van der Waals surface area contributed by atoms with Crippen LogP contribution < -0.4 is 17.0 Å². The van der Waals surface area contributed by atoms with E-state index < -0.39 is 0 Å². The Kier molecular flexibility index (Phi) is 2.53. The van der Waals surface area contributed by atoms with E-state index in [2.05, 4.69) is 5.10 Å². The molecule has 2 rings (SSSR count). The summed E-state index contributed by atoms with van der Waals surface area (Å²) in [5.74, 6) is 0.286. The number of hydrogen-bond donors (Lipinski definition) is 1. The van der Waals surface area contributed by atoms with Crippen molar-refractivity contribution < 1.29 is 0 Å². The van der Waals surface area contributed by atoms with Gasteiger partial charge in [0.05, 0.1) is 0 Å². The quantitative estimate of drug-likeness (QED) is 0.764. The summed E-state index contributed by atoms with van der Waals surface area (Å²) in [6.07, 6.45) is 0. The van der Waals surface area contributed by atoms with Crippen molar-refractivity contribution in [1.29, 1.82) is 0 Å². The van der Waals surface area contributed by atoms with Crippen LogP contribution in [0.2, 0.25) is 0 Å². The number of nitrogen functional groups attached to an aromatic ring is 1. The topological polar surface area (TPSA) is 87.8 Å². The Balaban J connectivity index is 3.12. The van der Waals surface area contributed by atoms with E-state index in [4.69, 9.17) is 5.73 Å². The van der Waals surface area contributed by atoms with E-state index in [1.165, 1.54) is 13.8 Å². The molecule has 0 amide bonds. The standard InChI is InChI=1S/C10H15N5O2/c1-4-14-8-6(7(11)13(3)12-8)9(16)15(5-2)10(14)17/h4-5,11H2,1-3H3. The third-order valence-corrected chi connectivity index (χ3v) is 2.88. The first kappa shape index (κ1) is 11.4. The Morgan fingerprint density at radius 3 is 2.29 bits per heavy atom. The lowest BCUT2D eigenvalue weighted by atomic mass is 10.3. The maximum atomic E-state index is 12.1. The highest BCUT2D eigenvalue weighted by Crippen LogP contribution is 2.13. The van der Waals surface area contributed by atoms with Crippen molar-refractivity contribution in [1.82, 2.24) is 18.9 Å². The molecule has 0 aliphatic rings. The predicted octanol–water partition coefficient (Wildman–Crippen LogP) is -0.481. The molecule has 0 aliphatic carbocycles. The Labute approximate surface area is 97.1 Å². The van der Waals surface area contributed by atoms with Crippen molar-refractivity contribution in [3.05, 3.63) is 20.8 Å². The Bertz CT molecular complexity index is 691. The van der Waals surface area contributed by atoms with Crippen molar-refractivity contribution >= 4 is 16.9 Å². The highest BCUT2D eigenvalue weighted by atomic mass is 16.2. The lowest BCUT2D eigenvalue weighted by molar-refractivity contribution is 0.603. The van der Waals surface area contributed by atoms with Crippen LogP contribution in [0.3, 0.4) is 0 Å². The fourth-order valence-corrected chi connectivity index (χ4v) is 1.94. The van der Waals surface area contributed by atoms with Gasteiger partial charge >= 0.3 is 5.69 Å². The minimum atomic E-state index is -0.372. The minimum absolute atomic E-state index is 0.286. The highest BCUT2D eigenvalue weighted by molar-refractivity contribution is 5.85. The zero-order chi connectivity index (χ0) is 12.7. The molecule has 2 N–H and O–H groups in total. The van der Waals surface area contributed by atoms with Gasteiger partial charge in [0.15, 0.2) is 5.65 Å². The number of aromatic nitrogens is 4. The van der Waals surface area contributed by atoms with Crippen LogP contribution in [0.25, 0.3) is 11.0 Å². The van der Waals surface area contributed by atoms with Gasteiger partial charge in [0.2, 0.25) is 0 Å². The van der Waals surface area contributed by atoms with Crippen LogP contribution in [-0.4, -0.2) is 18.9 Å². The zero-order valence-corrected chi connectivity index (χ0v) is 10.1. The number of nitrogens with zero attached hydrogens (tertiary/aromatic N) is 4. The third-order valence-electron chi connectivity index (χ3n) is 2.88. The van der Waals surface area contributed by atoms with E-state index in [9.17, 15) is 9.59 Å². The number of anilines is 1. The fraction of sp³-hybridized carbons (Fsp3) is 0.500. The van der Waals surface area contributed by atoms with Crippen molar-refractivity contribution in [3.63, 3.8) is 0 Å². The maximum absolute atomic E-state index is 12.1. The van der Waals surface area contributed by atoms with Gasteiger partial charge in [-0.05, 0) is 13.8 Å². The monoisotopic (exact) mass is 237 g/mol. The van der Waals surface area contributed by atoms with Crippen LogP contribution in [0.5, 0.6) is 0 Å². The highest BCUT2D eigenvalue weighted by Gasteiger charge is 2.17. The molecule has 2 heterocycles. The van der Waals surface area contributed by atoms with Crippen LogP contribution in [0.15, 0.2) is 9.59 Å². The molecule has 0 atom stereocenters. The lowest BCUT2D eigenvalue weighted by Gasteiger charge is -2.07. The summed E-state index contributed by atoms with van der Waals surface area (Å²) in [5.41, 5.74) is 5.45. The van der Waals surface area contributed by atoms with Gasteiger partial charge < -0.3 is 5.73 Å². The molecular weight excluding hydrogens is 222 g/mol. The van der Waals surface area contributed by atoms with E-state index in [0.29, 0.717) is 24.1 Å². The van der Waals surface area contributed by atoms with Gasteiger partial charge in [-0.2, -0.15) is 5.10 Å². The number of rotatable bonds is 2. The first-order valence-corrected chi connectivity index (χ1v) is 5.48. The van der Waals surface area contributed by atoms with Crippen LogP contribution in [0, 0.1) is 0 Å². The average Bonchev–Trinajstić information content (AvgIpc) is 2.57. The molecular formula is C10H15N5O2. The van der Waals surface area contributed by atoms with Gasteiger partial charge in [-0.15, -0.1) is 0 Å². The summed E-state index contributed by atoms with van der Waals surface area (Å²) < 4.78 is 4.04. The second kappa shape index (κ2) is 3.76. The molecule has 0 fully saturated rings. The summed E-state index contributed by atoms with van der Waals surface area (Å²) >= 11 is 0. The van der Waals surface area contributed by atoms with Crippen molar-refractivity contribution in [2.75, 3.05) is 5.73 Å². The van der Waals surface area contributed by atoms with Crippen molar-refractivity contribution in [2.45, 2.75) is 26.9 Å². The molecule has 0 aliphatic heterocycles. The van der Waals surface area contributed by atoms with Gasteiger partial charge in [0.1, 0.15) is 11.2 Å². The molecule has 0 unspecified atom stereocenters. The predicted molar refractivity (Wildman–Crippen MR) is 65.0 cm³/mol. The summed E-state index contributed by atoms with van der Waals surface area (Å²) in [7, 11) is 1.65. The van der Waals surface area contributed by atoms with E-state index in [1.807, 2.05) is 6.92 Å². The number of nitrogens with two attached hydrogens (primary N) is 1. The van der Waals surface area contributed by atoms with E-state index in [1.54, 1.807) is 14.0 Å². The smallest absolute Gasteiger partial charge is 0.332 e. The maximum Gasteiger partial charge on any atom is 0.332 e. The molecule has 17 heavy (non-hydrogen) atoms. The van der Waals surface area contributed by atoms with Crippen LogP contribution in [-0.2, 0) is 20.1 Å². The molecule has 0 bridgehead atoms. The van der Waals surface area contributed by atoms with Gasteiger partial charge in [-0.25, -0.2) is 4.79 Å². The number of fused-ring (bicyclic) bond motifs is 1. The van der Waals surface area contributed by atoms with Gasteiger partial charge in [0.25, 0.3) is 5.56 Å². The Hall–Kier alpha value is -2.05. The minimum Gasteiger partial charge on any atom is -0.383 e. The van der Waals surface area contributed by atoms with Crippen LogP contribution >= 0.6 is 0 Å². The van der Waals surface area contributed by atoms with Crippen molar-refractivity contribution in [2.24, 2.45) is 7.05 Å². The Morgan fingerprint density at radius 1 is 1.18 bits per heavy atom. The molecule has 0 saturated carbocycles. The summed E-state index contributed by atoms with van der Waals surface area (Å²) in [4.78, 5) is 24.1. The molecule has 7 heteroatoms. The van der Waals surface area contributed by atoms with Gasteiger partial charge in [0, 0.05) is 20.1 Å². The molecule has 2 aromatic heterocycles. The Morgan fingerprint density at radius 2 is 1.76 bits per heavy atom. The van der Waals surface area contributed by atoms with E-state index in [-0.39, 0.29) is 17.1 Å². The first-order valence-electron chi connectivity index (χ1n) is 5.48. The van der Waals surface area contributed by atoms with Crippen LogP contribution in [0.4, 0.5) is 5.82 Å². The third kappa shape index (κ3) is 1.38. The second-order valence-electron chi connectivity index (χ2n) is 3.78. The second-order valence-corrected chi connectivity index (χ2v) is 3.78. The average molecular weight is 237 g/mol. The molecule has 92 valence electrons. The number of aryl methyl sites for hydroxylation is 2. The molecule has 7 nitrogen and oxygen atoms in total. The SMILES string of the molecule is CCn1c(=O)c2c(N)n(C)nc2n(CC)c1=O. The summed E-state index contributed by atoms with van der Waals surface area (Å²) in [6, 6.07) is 0. The fourth-order valence-electron chi connectivity index (χ4n) is 1.94. The lowest BCUT2D eigenvalue weighted by Crippen LogP contribution is -2.39. The van der Waals surface area contributed by atoms with E-state index >= 15 is 0 Å². The molecule has 0 radical (unpaired) electrons. The molecule has 0 aromatic carbocycles. The van der Waals surface area contributed by atoms with E-state index in [0.717, 1.165) is 0 Å². The largest absolute Gasteiger partial charge is 0.383 e. The summed E-state index contributed by atoms with van der Waals surface area (Å²) in [5, 5.41) is 4.44. The van der Waals surface area contributed by atoms with Crippen molar-refractivity contribution in [3.8, 4) is 0 Å².